The van der Waals surface area contributed by atoms with Crippen molar-refractivity contribution in [3.05, 3.63) is 48.0 Å². The van der Waals surface area contributed by atoms with Crippen LogP contribution in [0.4, 0.5) is 4.79 Å². The maximum Gasteiger partial charge on any atom is 0.408 e. The number of nitrogens with one attached hydrogen (secondary N) is 1. The summed E-state index contributed by atoms with van der Waals surface area (Å²) in [4.78, 5) is 24.6. The van der Waals surface area contributed by atoms with E-state index < -0.39 is 23.2 Å². The molecule has 0 fully saturated rings. The van der Waals surface area contributed by atoms with Gasteiger partial charge in [0, 0.05) is 6.42 Å². The first-order valence-electron chi connectivity index (χ1n) is 15.3. The van der Waals surface area contributed by atoms with E-state index in [9.17, 15) is 14.7 Å². The van der Waals surface area contributed by atoms with Gasteiger partial charge in [-0.3, -0.25) is 0 Å². The molecule has 0 saturated carbocycles. The van der Waals surface area contributed by atoms with Gasteiger partial charge in [-0.05, 0) is 57.5 Å². The molecular formula is C33H47NO12. The first-order chi connectivity index (χ1) is 22.1. The molecule has 1 amide bonds. The van der Waals surface area contributed by atoms with Crippen molar-refractivity contribution >= 4 is 12.1 Å². The fourth-order valence-electron chi connectivity index (χ4n) is 4.18. The highest BCUT2D eigenvalue weighted by Crippen LogP contribution is 2.30. The van der Waals surface area contributed by atoms with Crippen LogP contribution in [0.3, 0.4) is 0 Å². The molecule has 0 saturated heterocycles. The van der Waals surface area contributed by atoms with Crippen LogP contribution in [0.5, 0.6) is 23.0 Å². The van der Waals surface area contributed by atoms with Crippen molar-refractivity contribution in [2.75, 3.05) is 79.3 Å². The minimum Gasteiger partial charge on any atom is -0.487 e. The molecular weight excluding hydrogens is 602 g/mol. The summed E-state index contributed by atoms with van der Waals surface area (Å²) < 4.78 is 51.3. The van der Waals surface area contributed by atoms with Gasteiger partial charge in [-0.25, -0.2) is 9.59 Å². The van der Waals surface area contributed by atoms with E-state index in [1.165, 1.54) is 6.92 Å². The summed E-state index contributed by atoms with van der Waals surface area (Å²) in [5, 5.41) is 12.4. The van der Waals surface area contributed by atoms with Gasteiger partial charge in [-0.1, -0.05) is 18.2 Å². The van der Waals surface area contributed by atoms with Crippen molar-refractivity contribution in [1.82, 2.24) is 5.32 Å². The van der Waals surface area contributed by atoms with E-state index in [2.05, 4.69) is 5.32 Å². The van der Waals surface area contributed by atoms with Crippen LogP contribution in [0, 0.1) is 0 Å². The highest BCUT2D eigenvalue weighted by Gasteiger charge is 2.37. The number of hydrogen-bond donors (Lipinski definition) is 2. The van der Waals surface area contributed by atoms with Crippen LogP contribution < -0.4 is 24.3 Å². The molecule has 0 aliphatic carbocycles. The van der Waals surface area contributed by atoms with E-state index in [-0.39, 0.29) is 26.2 Å². The molecule has 0 aromatic heterocycles. The van der Waals surface area contributed by atoms with Crippen molar-refractivity contribution in [1.29, 1.82) is 0 Å². The quantitative estimate of drug-likeness (QED) is 0.495. The Balaban J connectivity index is 1.60. The zero-order valence-electron chi connectivity index (χ0n) is 27.2. The van der Waals surface area contributed by atoms with Crippen molar-refractivity contribution < 1.29 is 57.3 Å². The van der Waals surface area contributed by atoms with Gasteiger partial charge in [0.15, 0.2) is 23.0 Å². The number of fused-ring (bicyclic) bond motifs is 2. The average molecular weight is 650 g/mol. The molecule has 0 radical (unpaired) electrons. The predicted octanol–water partition coefficient (Wildman–Crippen LogP) is 3.89. The zero-order chi connectivity index (χ0) is 33.3. The molecule has 256 valence electrons. The lowest BCUT2D eigenvalue weighted by atomic mass is 9.92. The first-order valence-corrected chi connectivity index (χ1v) is 15.3. The Labute approximate surface area is 270 Å². The van der Waals surface area contributed by atoms with Gasteiger partial charge in [-0.2, -0.15) is 0 Å². The van der Waals surface area contributed by atoms with E-state index in [0.717, 1.165) is 0 Å². The maximum absolute atomic E-state index is 12.4. The van der Waals surface area contributed by atoms with Gasteiger partial charge >= 0.3 is 12.1 Å². The number of hydrogen-bond acceptors (Lipinski definition) is 11. The van der Waals surface area contributed by atoms with Crippen LogP contribution in [0.25, 0.3) is 0 Å². The summed E-state index contributed by atoms with van der Waals surface area (Å²) in [6.45, 7) is 10.6. The Hall–Kier alpha value is -3.78. The van der Waals surface area contributed by atoms with Crippen molar-refractivity contribution in [2.24, 2.45) is 0 Å². The normalized spacial score (nSPS) is 17.8. The zero-order valence-corrected chi connectivity index (χ0v) is 27.2. The molecule has 1 atom stereocenters. The van der Waals surface area contributed by atoms with Crippen LogP contribution in [0.2, 0.25) is 0 Å². The summed E-state index contributed by atoms with van der Waals surface area (Å²) in [6, 6.07) is 12.5. The summed E-state index contributed by atoms with van der Waals surface area (Å²) in [6.07, 6.45) is -0.857. The van der Waals surface area contributed by atoms with Crippen molar-refractivity contribution in [3.63, 3.8) is 0 Å². The van der Waals surface area contributed by atoms with E-state index >= 15 is 0 Å². The molecule has 2 aromatic rings. The van der Waals surface area contributed by atoms with Crippen LogP contribution in [0.15, 0.2) is 42.5 Å². The van der Waals surface area contributed by atoms with Gasteiger partial charge in [-0.15, -0.1) is 0 Å². The van der Waals surface area contributed by atoms with Gasteiger partial charge in [0.1, 0.15) is 37.6 Å². The average Bonchev–Trinajstić information content (AvgIpc) is 2.98. The van der Waals surface area contributed by atoms with Crippen LogP contribution in [-0.2, 0) is 34.9 Å². The van der Waals surface area contributed by atoms with Gasteiger partial charge < -0.3 is 53.1 Å². The second-order valence-corrected chi connectivity index (χ2v) is 11.5. The van der Waals surface area contributed by atoms with Crippen LogP contribution >= 0.6 is 0 Å². The molecule has 2 aromatic carbocycles. The Bertz CT molecular complexity index is 1220. The van der Waals surface area contributed by atoms with Crippen LogP contribution in [-0.4, -0.2) is 108 Å². The molecule has 1 aliphatic rings. The number of aliphatic carboxylic acids is 1. The van der Waals surface area contributed by atoms with E-state index in [4.69, 9.17) is 42.6 Å². The number of benzene rings is 2. The Morgan fingerprint density at radius 3 is 1.50 bits per heavy atom. The molecule has 13 nitrogen and oxygen atoms in total. The standard InChI is InChI=1S/C33H47NO12/c1-32(2,3)46-31(37)34-33(4,30(35)36)24-25-9-10-28-29(23-25)45-22-18-41-14-13-39-16-20-43-27-8-6-5-7-26(27)42-19-15-38-11-12-40-17-21-44-28/h5-10,23H,11-22,24H2,1-4H3,(H,34,37)(H,35,36)/t33-/m0/s1. The number of para-hydroxylation sites is 2. The number of amides is 1. The first kappa shape index (κ1) is 36.7. The molecule has 46 heavy (non-hydrogen) atoms. The fourth-order valence-corrected chi connectivity index (χ4v) is 4.18. The topological polar surface area (TPSA) is 149 Å². The molecule has 0 bridgehead atoms. The number of carboxylic acid groups (broad SMARTS) is 1. The van der Waals surface area contributed by atoms with E-state index in [0.29, 0.717) is 88.0 Å². The van der Waals surface area contributed by atoms with Crippen molar-refractivity contribution in [3.8, 4) is 23.0 Å². The lowest BCUT2D eigenvalue weighted by molar-refractivity contribution is -0.144. The highest BCUT2D eigenvalue weighted by atomic mass is 16.6. The largest absolute Gasteiger partial charge is 0.487 e. The third kappa shape index (κ3) is 13.7. The molecule has 0 unspecified atom stereocenters. The predicted molar refractivity (Wildman–Crippen MR) is 167 cm³/mol. The van der Waals surface area contributed by atoms with E-state index in [1.807, 2.05) is 24.3 Å². The lowest BCUT2D eigenvalue weighted by Gasteiger charge is -2.28. The van der Waals surface area contributed by atoms with Crippen molar-refractivity contribution in [2.45, 2.75) is 45.3 Å². The minimum absolute atomic E-state index is 0.0322. The van der Waals surface area contributed by atoms with Gasteiger partial charge in [0.05, 0.1) is 52.9 Å². The number of carboxylic acids is 1. The molecule has 1 aliphatic heterocycles. The van der Waals surface area contributed by atoms with Gasteiger partial charge in [0.2, 0.25) is 0 Å². The second kappa shape index (κ2) is 19.0. The minimum atomic E-state index is -1.64. The number of carbonyl (C=O) groups is 2. The smallest absolute Gasteiger partial charge is 0.408 e. The Kier molecular flexibility index (Phi) is 15.2. The molecule has 3 rings (SSSR count). The fraction of sp³-hybridized carbons (Fsp3) is 0.576. The third-order valence-electron chi connectivity index (χ3n) is 6.35. The summed E-state index contributed by atoms with van der Waals surface area (Å²) >= 11 is 0. The molecule has 2 N–H and O–H groups in total. The molecule has 13 heteroatoms. The van der Waals surface area contributed by atoms with E-state index in [1.54, 1.807) is 39.0 Å². The summed E-state index contributed by atoms with van der Waals surface area (Å²) in [7, 11) is 0. The Morgan fingerprint density at radius 2 is 1.07 bits per heavy atom. The van der Waals surface area contributed by atoms with Gasteiger partial charge in [0.25, 0.3) is 0 Å². The number of ether oxygens (including phenoxy) is 9. The molecule has 0 spiro atoms. The van der Waals surface area contributed by atoms with Crippen LogP contribution in [0.1, 0.15) is 33.3 Å². The lowest BCUT2D eigenvalue weighted by Crippen LogP contribution is -2.54. The number of carbonyl (C=O) groups excluding carboxylic acids is 1. The number of rotatable bonds is 4. The second-order valence-electron chi connectivity index (χ2n) is 11.5. The monoisotopic (exact) mass is 649 g/mol. The summed E-state index contributed by atoms with van der Waals surface area (Å²) in [5.74, 6) is 0.915. The SMILES string of the molecule is CC(C)(C)OC(=O)N[C@@](C)(Cc1ccc2c(c1)OCCOCCOCCOc1ccccc1OCCOCCOCCO2)C(=O)O. The number of alkyl carbamates (subject to hydrolysis) is 1. The molecule has 1 heterocycles. The maximum atomic E-state index is 12.4. The summed E-state index contributed by atoms with van der Waals surface area (Å²) in [5.41, 5.74) is -1.81. The third-order valence-corrected chi connectivity index (χ3v) is 6.35. The Morgan fingerprint density at radius 1 is 0.652 bits per heavy atom. The highest BCUT2D eigenvalue weighted by molar-refractivity contribution is 5.84.